The van der Waals surface area contributed by atoms with Gasteiger partial charge in [-0.3, -0.25) is 4.98 Å². The smallest absolute Gasteiger partial charge is 0.0794 e. The molecular formula is C14H24N2S. The van der Waals surface area contributed by atoms with Gasteiger partial charge in [-0.1, -0.05) is 13.8 Å². The van der Waals surface area contributed by atoms with Gasteiger partial charge < -0.3 is 5.73 Å². The second-order valence-corrected chi connectivity index (χ2v) is 6.90. The highest BCUT2D eigenvalue weighted by Crippen LogP contribution is 2.43. The summed E-state index contributed by atoms with van der Waals surface area (Å²) in [5.41, 5.74) is 8.35. The molecule has 1 aliphatic carbocycles. The minimum Gasteiger partial charge on any atom is -0.330 e. The van der Waals surface area contributed by atoms with Gasteiger partial charge in [0.1, 0.15) is 0 Å². The third-order valence-electron chi connectivity index (χ3n) is 4.50. The van der Waals surface area contributed by atoms with Crippen LogP contribution in [0.2, 0.25) is 0 Å². The first kappa shape index (κ1) is 13.0. The number of hydrogen-bond donors (Lipinski definition) is 1. The number of nitrogens with two attached hydrogens (primary N) is 1. The van der Waals surface area contributed by atoms with Crippen LogP contribution in [-0.4, -0.2) is 11.5 Å². The molecule has 0 bridgehead atoms. The third kappa shape index (κ3) is 3.08. The maximum atomic E-state index is 6.06. The summed E-state index contributed by atoms with van der Waals surface area (Å²) >= 11 is 1.77. The first-order valence-corrected chi connectivity index (χ1v) is 7.61. The monoisotopic (exact) mass is 252 g/mol. The minimum absolute atomic E-state index is 0.359. The molecule has 3 heteroatoms. The maximum Gasteiger partial charge on any atom is 0.0794 e. The van der Waals surface area contributed by atoms with Crippen LogP contribution in [0.4, 0.5) is 0 Å². The Kier molecular flexibility index (Phi) is 4.21. The molecule has 0 spiro atoms. The van der Waals surface area contributed by atoms with Crippen molar-refractivity contribution in [2.45, 2.75) is 46.0 Å². The predicted octanol–water partition coefficient (Wildman–Crippen LogP) is 3.48. The Balaban J connectivity index is 1.98. The molecule has 1 saturated carbocycles. The zero-order valence-electron chi connectivity index (χ0n) is 11.0. The van der Waals surface area contributed by atoms with Gasteiger partial charge in [-0.05, 0) is 55.9 Å². The number of nitrogens with zero attached hydrogens (tertiary/aromatic N) is 1. The van der Waals surface area contributed by atoms with Crippen molar-refractivity contribution >= 4 is 11.3 Å². The van der Waals surface area contributed by atoms with Gasteiger partial charge in [-0.25, -0.2) is 0 Å². The van der Waals surface area contributed by atoms with E-state index in [0.717, 1.165) is 24.8 Å². The highest BCUT2D eigenvalue weighted by atomic mass is 32.1. The summed E-state index contributed by atoms with van der Waals surface area (Å²) in [6.45, 7) is 5.53. The summed E-state index contributed by atoms with van der Waals surface area (Å²) in [5.74, 6) is 1.74. The summed E-state index contributed by atoms with van der Waals surface area (Å²) < 4.78 is 0. The second-order valence-electron chi connectivity index (χ2n) is 5.93. The van der Waals surface area contributed by atoms with Gasteiger partial charge in [-0.15, -0.1) is 11.3 Å². The van der Waals surface area contributed by atoms with Crippen LogP contribution in [0.3, 0.4) is 0 Å². The lowest BCUT2D eigenvalue weighted by Gasteiger charge is -2.40. The number of hydrogen-bond acceptors (Lipinski definition) is 3. The van der Waals surface area contributed by atoms with E-state index in [-0.39, 0.29) is 0 Å². The van der Waals surface area contributed by atoms with Crippen LogP contribution in [0.1, 0.15) is 44.4 Å². The van der Waals surface area contributed by atoms with Crippen LogP contribution in [-0.2, 0) is 6.42 Å². The summed E-state index contributed by atoms with van der Waals surface area (Å²) in [6.07, 6.45) is 8.45. The Hall–Kier alpha value is -0.410. The molecule has 2 N–H and O–H groups in total. The molecule has 0 radical (unpaired) electrons. The molecule has 1 heterocycles. The van der Waals surface area contributed by atoms with Crippen molar-refractivity contribution in [2.75, 3.05) is 6.54 Å². The Morgan fingerprint density at radius 1 is 1.47 bits per heavy atom. The van der Waals surface area contributed by atoms with Crippen LogP contribution < -0.4 is 5.73 Å². The van der Waals surface area contributed by atoms with Gasteiger partial charge in [0.2, 0.25) is 0 Å². The summed E-state index contributed by atoms with van der Waals surface area (Å²) in [4.78, 5) is 5.58. The van der Waals surface area contributed by atoms with Crippen molar-refractivity contribution in [3.63, 3.8) is 0 Å². The first-order valence-electron chi connectivity index (χ1n) is 6.73. The Morgan fingerprint density at radius 3 is 2.65 bits per heavy atom. The quantitative estimate of drug-likeness (QED) is 0.891. The van der Waals surface area contributed by atoms with Crippen molar-refractivity contribution in [3.05, 3.63) is 16.6 Å². The molecule has 2 nitrogen and oxygen atoms in total. The molecule has 0 unspecified atom stereocenters. The van der Waals surface area contributed by atoms with Crippen LogP contribution in [0.25, 0.3) is 0 Å². The molecule has 0 aromatic carbocycles. The molecule has 17 heavy (non-hydrogen) atoms. The van der Waals surface area contributed by atoms with Crippen molar-refractivity contribution in [1.82, 2.24) is 4.98 Å². The second kappa shape index (κ2) is 5.49. The van der Waals surface area contributed by atoms with Crippen LogP contribution in [0, 0.1) is 17.3 Å². The Labute approximate surface area is 109 Å². The van der Waals surface area contributed by atoms with E-state index in [4.69, 9.17) is 5.73 Å². The van der Waals surface area contributed by atoms with E-state index in [1.165, 1.54) is 30.6 Å². The van der Waals surface area contributed by atoms with Gasteiger partial charge in [0.15, 0.2) is 0 Å². The van der Waals surface area contributed by atoms with Gasteiger partial charge in [0, 0.05) is 11.1 Å². The van der Waals surface area contributed by atoms with E-state index in [0.29, 0.717) is 5.41 Å². The van der Waals surface area contributed by atoms with E-state index in [1.54, 1.807) is 11.3 Å². The van der Waals surface area contributed by atoms with Crippen LogP contribution >= 0.6 is 11.3 Å². The van der Waals surface area contributed by atoms with Gasteiger partial charge in [-0.2, -0.15) is 0 Å². The zero-order valence-corrected chi connectivity index (χ0v) is 11.8. The standard InChI is InChI=1S/C14H24N2S/c1-11(2)12-3-5-14(9-15,6-4-12)7-13-8-16-10-17-13/h8,10-12H,3-7,9,15H2,1-2H3. The normalized spacial score (nSPS) is 29.8. The fourth-order valence-corrected chi connectivity index (χ4v) is 3.84. The van der Waals surface area contributed by atoms with Gasteiger partial charge in [0.25, 0.3) is 0 Å². The molecule has 1 fully saturated rings. The molecular weight excluding hydrogens is 228 g/mol. The lowest BCUT2D eigenvalue weighted by Crippen LogP contribution is -2.37. The fraction of sp³-hybridized carbons (Fsp3) is 0.786. The van der Waals surface area contributed by atoms with E-state index in [9.17, 15) is 0 Å². The molecule has 0 amide bonds. The largest absolute Gasteiger partial charge is 0.330 e. The van der Waals surface area contributed by atoms with Crippen molar-refractivity contribution in [3.8, 4) is 0 Å². The van der Waals surface area contributed by atoms with Crippen molar-refractivity contribution in [1.29, 1.82) is 0 Å². The summed E-state index contributed by atoms with van der Waals surface area (Å²) in [5, 5.41) is 0. The Bertz CT molecular complexity index is 324. The average Bonchev–Trinajstić information content (AvgIpc) is 2.82. The van der Waals surface area contributed by atoms with Gasteiger partial charge in [0.05, 0.1) is 5.51 Å². The molecule has 1 aromatic rings. The molecule has 1 aliphatic rings. The molecule has 0 saturated heterocycles. The van der Waals surface area contributed by atoms with E-state index in [1.807, 2.05) is 11.7 Å². The minimum atomic E-state index is 0.359. The molecule has 1 aromatic heterocycles. The molecule has 0 atom stereocenters. The molecule has 2 rings (SSSR count). The van der Waals surface area contributed by atoms with Crippen molar-refractivity contribution in [2.24, 2.45) is 23.0 Å². The number of aromatic nitrogens is 1. The van der Waals surface area contributed by atoms with Crippen LogP contribution in [0.15, 0.2) is 11.7 Å². The highest BCUT2D eigenvalue weighted by molar-refractivity contribution is 7.09. The van der Waals surface area contributed by atoms with E-state index < -0.39 is 0 Å². The lowest BCUT2D eigenvalue weighted by atomic mass is 9.66. The lowest BCUT2D eigenvalue weighted by molar-refractivity contribution is 0.133. The molecule has 0 aliphatic heterocycles. The number of thiazole rings is 1. The number of rotatable bonds is 4. The summed E-state index contributed by atoms with van der Waals surface area (Å²) in [6, 6.07) is 0. The van der Waals surface area contributed by atoms with E-state index >= 15 is 0 Å². The topological polar surface area (TPSA) is 38.9 Å². The zero-order chi connectivity index (χ0) is 12.3. The van der Waals surface area contributed by atoms with Crippen molar-refractivity contribution < 1.29 is 0 Å². The average molecular weight is 252 g/mol. The molecule has 96 valence electrons. The first-order chi connectivity index (χ1) is 8.15. The highest BCUT2D eigenvalue weighted by Gasteiger charge is 2.35. The third-order valence-corrected chi connectivity index (χ3v) is 5.28. The SMILES string of the molecule is CC(C)C1CCC(CN)(Cc2cncs2)CC1. The fourth-order valence-electron chi connectivity index (χ4n) is 3.07. The van der Waals surface area contributed by atoms with Crippen LogP contribution in [0.5, 0.6) is 0 Å². The summed E-state index contributed by atoms with van der Waals surface area (Å²) in [7, 11) is 0. The maximum absolute atomic E-state index is 6.06. The van der Waals surface area contributed by atoms with E-state index in [2.05, 4.69) is 18.8 Å². The Morgan fingerprint density at radius 2 is 2.18 bits per heavy atom. The predicted molar refractivity (Wildman–Crippen MR) is 74.1 cm³/mol. The van der Waals surface area contributed by atoms with Gasteiger partial charge >= 0.3 is 0 Å².